The Labute approximate surface area is 118 Å². The predicted octanol–water partition coefficient (Wildman–Crippen LogP) is 4.60. The van der Waals surface area contributed by atoms with Crippen LogP contribution in [0.25, 0.3) is 0 Å². The lowest BCUT2D eigenvalue weighted by atomic mass is 10.0. The molecule has 0 aliphatic rings. The molecule has 2 aromatic rings. The second-order valence-electron chi connectivity index (χ2n) is 3.93. The minimum atomic E-state index is -0.600. The molecule has 0 saturated carbocycles. The smallest absolute Gasteiger partial charge is 0.105 e. The van der Waals surface area contributed by atoms with Crippen LogP contribution in [0.4, 0.5) is 0 Å². The molecular formula is C14H12Br2O. The van der Waals surface area contributed by atoms with Gasteiger partial charge in [-0.05, 0) is 35.7 Å². The normalized spacial score (nSPS) is 12.5. The summed E-state index contributed by atoms with van der Waals surface area (Å²) < 4.78 is 1.98. The molecule has 2 aromatic carbocycles. The number of benzene rings is 2. The predicted molar refractivity (Wildman–Crippen MR) is 77.1 cm³/mol. The molecule has 17 heavy (non-hydrogen) atoms. The van der Waals surface area contributed by atoms with Crippen LogP contribution in [0.15, 0.2) is 51.4 Å². The summed E-state index contributed by atoms with van der Waals surface area (Å²) >= 11 is 6.91. The summed E-state index contributed by atoms with van der Waals surface area (Å²) in [5.41, 5.74) is 2.91. The van der Waals surface area contributed by atoms with E-state index in [1.54, 1.807) is 0 Å². The fourth-order valence-electron chi connectivity index (χ4n) is 1.71. The monoisotopic (exact) mass is 354 g/mol. The summed E-state index contributed by atoms with van der Waals surface area (Å²) in [4.78, 5) is 0. The molecule has 0 fully saturated rings. The Balaban J connectivity index is 2.40. The maximum atomic E-state index is 10.3. The van der Waals surface area contributed by atoms with E-state index in [-0.39, 0.29) is 0 Å². The van der Waals surface area contributed by atoms with Crippen LogP contribution in [0, 0.1) is 6.92 Å². The van der Waals surface area contributed by atoms with Crippen molar-refractivity contribution in [2.24, 2.45) is 0 Å². The highest BCUT2D eigenvalue weighted by molar-refractivity contribution is 9.10. The molecule has 0 radical (unpaired) electrons. The molecule has 0 aliphatic carbocycles. The van der Waals surface area contributed by atoms with E-state index in [1.165, 1.54) is 0 Å². The minimum Gasteiger partial charge on any atom is -0.384 e. The van der Waals surface area contributed by atoms with Crippen LogP contribution in [-0.4, -0.2) is 5.11 Å². The van der Waals surface area contributed by atoms with Gasteiger partial charge >= 0.3 is 0 Å². The van der Waals surface area contributed by atoms with E-state index < -0.39 is 6.10 Å². The number of halogens is 2. The van der Waals surface area contributed by atoms with Gasteiger partial charge in [0.15, 0.2) is 0 Å². The molecule has 1 nitrogen and oxygen atoms in total. The van der Waals surface area contributed by atoms with Gasteiger partial charge in [0.2, 0.25) is 0 Å². The zero-order chi connectivity index (χ0) is 12.4. The molecule has 88 valence electrons. The largest absolute Gasteiger partial charge is 0.384 e. The van der Waals surface area contributed by atoms with Gasteiger partial charge in [0.25, 0.3) is 0 Å². The van der Waals surface area contributed by atoms with E-state index in [0.29, 0.717) is 0 Å². The molecule has 1 unspecified atom stereocenters. The topological polar surface area (TPSA) is 20.2 Å². The van der Waals surface area contributed by atoms with Crippen LogP contribution in [0.5, 0.6) is 0 Å². The number of aryl methyl sites for hydroxylation is 1. The Morgan fingerprint density at radius 3 is 2.29 bits per heavy atom. The minimum absolute atomic E-state index is 0.600. The lowest BCUT2D eigenvalue weighted by Crippen LogP contribution is -2.01. The molecule has 2 rings (SSSR count). The van der Waals surface area contributed by atoms with Crippen molar-refractivity contribution in [3.8, 4) is 0 Å². The van der Waals surface area contributed by atoms with Gasteiger partial charge in [-0.1, -0.05) is 62.2 Å². The fraction of sp³-hybridized carbons (Fsp3) is 0.143. The van der Waals surface area contributed by atoms with Crippen LogP contribution < -0.4 is 0 Å². The molecule has 0 aliphatic heterocycles. The van der Waals surface area contributed by atoms with Crippen molar-refractivity contribution < 1.29 is 5.11 Å². The third-order valence-electron chi connectivity index (χ3n) is 2.70. The van der Waals surface area contributed by atoms with Crippen molar-refractivity contribution in [3.05, 3.63) is 68.1 Å². The van der Waals surface area contributed by atoms with E-state index >= 15 is 0 Å². The third-order valence-corrected chi connectivity index (χ3v) is 4.31. The van der Waals surface area contributed by atoms with Gasteiger partial charge in [0.1, 0.15) is 6.10 Å². The number of aliphatic hydroxyl groups excluding tert-OH is 1. The molecular weight excluding hydrogens is 344 g/mol. The zero-order valence-electron chi connectivity index (χ0n) is 9.32. The SMILES string of the molecule is Cc1cccc(C(O)c2ccc(Br)cc2)c1Br. The maximum absolute atomic E-state index is 10.3. The van der Waals surface area contributed by atoms with Crippen molar-refractivity contribution >= 4 is 31.9 Å². The summed E-state index contributed by atoms with van der Waals surface area (Å²) in [5, 5.41) is 10.3. The van der Waals surface area contributed by atoms with Gasteiger partial charge in [-0.2, -0.15) is 0 Å². The molecule has 0 heterocycles. The molecule has 0 spiro atoms. The van der Waals surface area contributed by atoms with Gasteiger partial charge in [-0.3, -0.25) is 0 Å². The first-order valence-electron chi connectivity index (χ1n) is 5.28. The number of aliphatic hydroxyl groups is 1. The summed E-state index contributed by atoms with van der Waals surface area (Å²) in [6.45, 7) is 2.02. The van der Waals surface area contributed by atoms with Gasteiger partial charge < -0.3 is 5.11 Å². The standard InChI is InChI=1S/C14H12Br2O/c1-9-3-2-4-12(13(9)16)14(17)10-5-7-11(15)8-6-10/h2-8,14,17H,1H3. The highest BCUT2D eigenvalue weighted by atomic mass is 79.9. The average molecular weight is 356 g/mol. The molecule has 0 amide bonds. The maximum Gasteiger partial charge on any atom is 0.105 e. The third kappa shape index (κ3) is 2.79. The van der Waals surface area contributed by atoms with Gasteiger partial charge in [-0.25, -0.2) is 0 Å². The lowest BCUT2D eigenvalue weighted by molar-refractivity contribution is 0.219. The lowest BCUT2D eigenvalue weighted by Gasteiger charge is -2.14. The highest BCUT2D eigenvalue weighted by Gasteiger charge is 2.14. The first kappa shape index (κ1) is 12.8. The Bertz CT molecular complexity index is 520. The van der Waals surface area contributed by atoms with E-state index in [1.807, 2.05) is 49.4 Å². The highest BCUT2D eigenvalue weighted by Crippen LogP contribution is 2.31. The second-order valence-corrected chi connectivity index (χ2v) is 5.64. The van der Waals surface area contributed by atoms with Crippen LogP contribution >= 0.6 is 31.9 Å². The van der Waals surface area contributed by atoms with E-state index in [2.05, 4.69) is 31.9 Å². The van der Waals surface area contributed by atoms with Crippen molar-refractivity contribution in [1.82, 2.24) is 0 Å². The Morgan fingerprint density at radius 2 is 1.65 bits per heavy atom. The van der Waals surface area contributed by atoms with Gasteiger partial charge in [0.05, 0.1) is 0 Å². The van der Waals surface area contributed by atoms with Crippen LogP contribution in [0.2, 0.25) is 0 Å². The van der Waals surface area contributed by atoms with Crippen LogP contribution in [0.1, 0.15) is 22.8 Å². The first-order chi connectivity index (χ1) is 8.09. The molecule has 0 bridgehead atoms. The molecule has 0 saturated heterocycles. The quantitative estimate of drug-likeness (QED) is 0.834. The van der Waals surface area contributed by atoms with Crippen molar-refractivity contribution in [2.75, 3.05) is 0 Å². The van der Waals surface area contributed by atoms with Gasteiger partial charge in [-0.15, -0.1) is 0 Å². The molecule has 3 heteroatoms. The van der Waals surface area contributed by atoms with E-state index in [9.17, 15) is 5.11 Å². The van der Waals surface area contributed by atoms with Crippen LogP contribution in [-0.2, 0) is 0 Å². The molecule has 0 aromatic heterocycles. The molecule has 1 atom stereocenters. The summed E-state index contributed by atoms with van der Waals surface area (Å²) in [5.74, 6) is 0. The number of hydrogen-bond acceptors (Lipinski definition) is 1. The van der Waals surface area contributed by atoms with Crippen LogP contribution in [0.3, 0.4) is 0 Å². The Hall–Kier alpha value is -0.640. The average Bonchev–Trinajstić information content (AvgIpc) is 2.33. The number of hydrogen-bond donors (Lipinski definition) is 1. The summed E-state index contributed by atoms with van der Waals surface area (Å²) in [6.07, 6.45) is -0.600. The Morgan fingerprint density at radius 1 is 1.00 bits per heavy atom. The summed E-state index contributed by atoms with van der Waals surface area (Å²) in [6, 6.07) is 13.6. The van der Waals surface area contributed by atoms with Gasteiger partial charge in [0, 0.05) is 8.95 Å². The van der Waals surface area contributed by atoms with Crippen molar-refractivity contribution in [3.63, 3.8) is 0 Å². The van der Waals surface area contributed by atoms with E-state index in [4.69, 9.17) is 0 Å². The Kier molecular flexibility index (Phi) is 4.02. The summed E-state index contributed by atoms with van der Waals surface area (Å²) in [7, 11) is 0. The second kappa shape index (κ2) is 5.34. The molecule has 1 N–H and O–H groups in total. The number of rotatable bonds is 2. The first-order valence-corrected chi connectivity index (χ1v) is 6.86. The fourth-order valence-corrected chi connectivity index (χ4v) is 2.45. The zero-order valence-corrected chi connectivity index (χ0v) is 12.5. The van der Waals surface area contributed by atoms with Crippen molar-refractivity contribution in [2.45, 2.75) is 13.0 Å². The van der Waals surface area contributed by atoms with E-state index in [0.717, 1.165) is 25.6 Å². The van der Waals surface area contributed by atoms with Crippen molar-refractivity contribution in [1.29, 1.82) is 0 Å².